The first-order valence-electron chi connectivity index (χ1n) is 6.27. The van der Waals surface area contributed by atoms with Crippen molar-refractivity contribution in [1.29, 1.82) is 0 Å². The van der Waals surface area contributed by atoms with Crippen LogP contribution in [0.2, 0.25) is 0 Å². The first kappa shape index (κ1) is 13.4. The molecule has 1 N–H and O–H groups in total. The largest absolute Gasteiger partial charge is 0.377 e. The average molecular weight is 255 g/mol. The summed E-state index contributed by atoms with van der Waals surface area (Å²) in [5.74, 6) is -0.761. The normalized spacial score (nSPS) is 19.3. The summed E-state index contributed by atoms with van der Waals surface area (Å²) in [5.41, 5.74) is 0.172. The van der Waals surface area contributed by atoms with Gasteiger partial charge in [-0.05, 0) is 56.5 Å². The highest BCUT2D eigenvalue weighted by atomic mass is 19.1. The summed E-state index contributed by atoms with van der Waals surface area (Å²) in [6.45, 7) is 0. The summed E-state index contributed by atoms with van der Waals surface area (Å²) >= 11 is 0. The molecule has 0 bridgehead atoms. The van der Waals surface area contributed by atoms with Crippen molar-refractivity contribution >= 4 is 0 Å². The summed E-state index contributed by atoms with van der Waals surface area (Å²) in [5, 5.41) is 3.18. The highest BCUT2D eigenvalue weighted by Gasteiger charge is 2.43. The number of hydrogen-bond acceptors (Lipinski definition) is 2. The van der Waals surface area contributed by atoms with E-state index in [4.69, 9.17) is 4.74 Å². The zero-order valence-electron chi connectivity index (χ0n) is 10.8. The fourth-order valence-corrected chi connectivity index (χ4v) is 2.69. The van der Waals surface area contributed by atoms with Gasteiger partial charge < -0.3 is 10.1 Å². The molecule has 18 heavy (non-hydrogen) atoms. The smallest absolute Gasteiger partial charge is 0.126 e. The Labute approximate surface area is 106 Å². The summed E-state index contributed by atoms with van der Waals surface area (Å²) in [6.07, 6.45) is 3.49. The number of halogens is 2. The van der Waals surface area contributed by atoms with E-state index in [1.54, 1.807) is 7.11 Å². The van der Waals surface area contributed by atoms with Crippen LogP contribution in [0.3, 0.4) is 0 Å². The maximum Gasteiger partial charge on any atom is 0.126 e. The van der Waals surface area contributed by atoms with Crippen LogP contribution in [-0.4, -0.2) is 25.8 Å². The first-order chi connectivity index (χ1) is 8.61. The summed E-state index contributed by atoms with van der Waals surface area (Å²) < 4.78 is 32.4. The standard InChI is InChI=1S/C14H19F2NO/c1-17-13(14(18-2)6-3-7-14)9-10-8-11(15)4-5-12(10)16/h4-5,8,13,17H,3,6-7,9H2,1-2H3. The van der Waals surface area contributed by atoms with Crippen LogP contribution < -0.4 is 5.32 Å². The Hall–Kier alpha value is -1.00. The maximum absolute atomic E-state index is 13.6. The minimum absolute atomic E-state index is 0.00699. The Morgan fingerprint density at radius 1 is 1.39 bits per heavy atom. The van der Waals surface area contributed by atoms with Gasteiger partial charge in [-0.3, -0.25) is 0 Å². The van der Waals surface area contributed by atoms with Crippen molar-refractivity contribution in [2.24, 2.45) is 0 Å². The minimum atomic E-state index is -0.402. The highest BCUT2D eigenvalue weighted by molar-refractivity contribution is 5.21. The van der Waals surface area contributed by atoms with Gasteiger partial charge in [-0.15, -0.1) is 0 Å². The molecule has 100 valence electrons. The fourth-order valence-electron chi connectivity index (χ4n) is 2.69. The van der Waals surface area contributed by atoms with Crippen molar-refractivity contribution in [3.8, 4) is 0 Å². The monoisotopic (exact) mass is 255 g/mol. The van der Waals surface area contributed by atoms with Crippen LogP contribution in [0.4, 0.5) is 8.78 Å². The second-order valence-electron chi connectivity index (χ2n) is 4.90. The average Bonchev–Trinajstić information content (AvgIpc) is 2.31. The van der Waals surface area contributed by atoms with Crippen molar-refractivity contribution in [2.45, 2.75) is 37.3 Å². The van der Waals surface area contributed by atoms with Gasteiger partial charge in [0.2, 0.25) is 0 Å². The van der Waals surface area contributed by atoms with Gasteiger partial charge in [-0.25, -0.2) is 8.78 Å². The first-order valence-corrected chi connectivity index (χ1v) is 6.27. The molecule has 0 aliphatic heterocycles. The summed E-state index contributed by atoms with van der Waals surface area (Å²) in [4.78, 5) is 0. The molecule has 0 amide bonds. The van der Waals surface area contributed by atoms with Crippen molar-refractivity contribution in [1.82, 2.24) is 5.32 Å². The predicted molar refractivity (Wildman–Crippen MR) is 66.5 cm³/mol. The molecule has 1 aliphatic rings. The van der Waals surface area contributed by atoms with Crippen molar-refractivity contribution in [3.63, 3.8) is 0 Å². The fraction of sp³-hybridized carbons (Fsp3) is 0.571. The zero-order valence-corrected chi connectivity index (χ0v) is 10.8. The molecular formula is C14H19F2NO. The van der Waals surface area contributed by atoms with Crippen molar-refractivity contribution in [2.75, 3.05) is 14.2 Å². The van der Waals surface area contributed by atoms with Gasteiger partial charge in [0.25, 0.3) is 0 Å². The Morgan fingerprint density at radius 2 is 2.11 bits per heavy atom. The molecule has 2 nitrogen and oxygen atoms in total. The number of methoxy groups -OCH3 is 1. The Kier molecular flexibility index (Phi) is 3.97. The molecule has 0 heterocycles. The molecule has 4 heteroatoms. The molecule has 1 aromatic rings. The summed E-state index contributed by atoms with van der Waals surface area (Å²) in [7, 11) is 3.52. The van der Waals surface area contributed by atoms with E-state index >= 15 is 0 Å². The lowest BCUT2D eigenvalue weighted by Gasteiger charge is -2.46. The van der Waals surface area contributed by atoms with Gasteiger partial charge in [0.1, 0.15) is 11.6 Å². The third kappa shape index (κ3) is 2.40. The second-order valence-corrected chi connectivity index (χ2v) is 4.90. The zero-order chi connectivity index (χ0) is 13.2. The van der Waals surface area contributed by atoms with Crippen LogP contribution in [0.15, 0.2) is 18.2 Å². The maximum atomic E-state index is 13.6. The van der Waals surface area contributed by atoms with Crippen molar-refractivity contribution < 1.29 is 13.5 Å². The van der Waals surface area contributed by atoms with Gasteiger partial charge in [0, 0.05) is 13.2 Å². The van der Waals surface area contributed by atoms with E-state index in [1.165, 1.54) is 12.1 Å². The Bertz CT molecular complexity index is 413. The third-order valence-electron chi connectivity index (χ3n) is 4.02. The van der Waals surface area contributed by atoms with E-state index in [0.717, 1.165) is 25.3 Å². The Balaban J connectivity index is 2.17. The lowest BCUT2D eigenvalue weighted by Crippen LogP contribution is -2.56. The molecule has 1 fully saturated rings. The molecule has 1 aliphatic carbocycles. The van der Waals surface area contributed by atoms with Crippen LogP contribution >= 0.6 is 0 Å². The molecular weight excluding hydrogens is 236 g/mol. The van der Waals surface area contributed by atoms with E-state index in [-0.39, 0.29) is 17.5 Å². The van der Waals surface area contributed by atoms with Gasteiger partial charge in [0.05, 0.1) is 5.60 Å². The molecule has 1 aromatic carbocycles. The molecule has 1 saturated carbocycles. The SMILES string of the molecule is CNC(Cc1cc(F)ccc1F)C1(OC)CCC1. The van der Waals surface area contributed by atoms with Crippen LogP contribution in [0.1, 0.15) is 24.8 Å². The number of nitrogens with one attached hydrogen (secondary N) is 1. The highest BCUT2D eigenvalue weighted by Crippen LogP contribution is 2.39. The number of likely N-dealkylation sites (N-methyl/N-ethyl adjacent to an activating group) is 1. The van der Waals surface area contributed by atoms with Gasteiger partial charge in [-0.2, -0.15) is 0 Å². The number of ether oxygens (including phenoxy) is 1. The van der Waals surface area contributed by atoms with E-state index < -0.39 is 5.82 Å². The number of benzene rings is 1. The molecule has 0 aromatic heterocycles. The molecule has 0 saturated heterocycles. The quantitative estimate of drug-likeness (QED) is 0.873. The van der Waals surface area contributed by atoms with E-state index in [0.29, 0.717) is 12.0 Å². The van der Waals surface area contributed by atoms with Gasteiger partial charge in [0.15, 0.2) is 0 Å². The van der Waals surface area contributed by atoms with Gasteiger partial charge >= 0.3 is 0 Å². The minimum Gasteiger partial charge on any atom is -0.377 e. The predicted octanol–water partition coefficient (Wildman–Crippen LogP) is 2.66. The van der Waals surface area contributed by atoms with Crippen LogP contribution in [0.5, 0.6) is 0 Å². The van der Waals surface area contributed by atoms with Crippen LogP contribution in [0.25, 0.3) is 0 Å². The second kappa shape index (κ2) is 5.33. The summed E-state index contributed by atoms with van der Waals surface area (Å²) in [6, 6.07) is 3.59. The van der Waals surface area contributed by atoms with E-state index in [9.17, 15) is 8.78 Å². The number of rotatable bonds is 5. The molecule has 0 spiro atoms. The molecule has 1 atom stereocenters. The Morgan fingerprint density at radius 3 is 2.61 bits per heavy atom. The molecule has 0 radical (unpaired) electrons. The van der Waals surface area contributed by atoms with E-state index in [2.05, 4.69) is 5.32 Å². The lowest BCUT2D eigenvalue weighted by atomic mass is 9.72. The topological polar surface area (TPSA) is 21.3 Å². The molecule has 1 unspecified atom stereocenters. The third-order valence-corrected chi connectivity index (χ3v) is 4.02. The van der Waals surface area contributed by atoms with Crippen LogP contribution in [0, 0.1) is 11.6 Å². The van der Waals surface area contributed by atoms with Gasteiger partial charge in [-0.1, -0.05) is 0 Å². The van der Waals surface area contributed by atoms with Crippen LogP contribution in [-0.2, 0) is 11.2 Å². The van der Waals surface area contributed by atoms with E-state index in [1.807, 2.05) is 7.05 Å². The lowest BCUT2D eigenvalue weighted by molar-refractivity contribution is -0.0967. The number of hydrogen-bond donors (Lipinski definition) is 1. The molecule has 2 rings (SSSR count). The van der Waals surface area contributed by atoms with Crippen molar-refractivity contribution in [3.05, 3.63) is 35.4 Å².